The van der Waals surface area contributed by atoms with Gasteiger partial charge in [0.25, 0.3) is 0 Å². The minimum absolute atomic E-state index is 0.0237. The number of rotatable bonds is 6. The highest BCUT2D eigenvalue weighted by atomic mass is 32.2. The zero-order valence-corrected chi connectivity index (χ0v) is 16.2. The molecule has 0 atom stereocenters. The van der Waals surface area contributed by atoms with Crippen LogP contribution in [0.3, 0.4) is 0 Å². The molecule has 0 amide bonds. The molecular formula is C20H21N3O3S. The molecule has 0 aliphatic carbocycles. The van der Waals surface area contributed by atoms with Gasteiger partial charge < -0.3 is 4.57 Å². The quantitative estimate of drug-likeness (QED) is 0.664. The van der Waals surface area contributed by atoms with Crippen LogP contribution >= 0.6 is 0 Å². The summed E-state index contributed by atoms with van der Waals surface area (Å²) in [6, 6.07) is 14.7. The van der Waals surface area contributed by atoms with E-state index in [1.807, 2.05) is 54.9 Å². The maximum absolute atomic E-state index is 12.7. The van der Waals surface area contributed by atoms with Gasteiger partial charge in [0, 0.05) is 30.4 Å². The van der Waals surface area contributed by atoms with E-state index in [1.54, 1.807) is 12.1 Å². The van der Waals surface area contributed by atoms with Gasteiger partial charge in [0.1, 0.15) is 0 Å². The summed E-state index contributed by atoms with van der Waals surface area (Å²) in [5, 5.41) is 0. The van der Waals surface area contributed by atoms with E-state index >= 15 is 0 Å². The number of benzene rings is 1. The minimum atomic E-state index is -3.32. The van der Waals surface area contributed by atoms with Crippen LogP contribution in [-0.4, -0.2) is 30.0 Å². The van der Waals surface area contributed by atoms with E-state index in [2.05, 4.69) is 9.71 Å². The molecule has 6 nitrogen and oxygen atoms in total. The van der Waals surface area contributed by atoms with E-state index in [9.17, 15) is 13.2 Å². The van der Waals surface area contributed by atoms with Crippen molar-refractivity contribution in [3.63, 3.8) is 0 Å². The molecule has 1 aromatic carbocycles. The van der Waals surface area contributed by atoms with Crippen molar-refractivity contribution >= 4 is 21.5 Å². The number of sulfonamides is 1. The third kappa shape index (κ3) is 4.62. The maximum Gasteiger partial charge on any atom is 0.229 e. The lowest BCUT2D eigenvalue weighted by Crippen LogP contribution is -2.11. The van der Waals surface area contributed by atoms with Gasteiger partial charge in [-0.15, -0.1) is 0 Å². The molecular weight excluding hydrogens is 362 g/mol. The summed E-state index contributed by atoms with van der Waals surface area (Å²) in [7, 11) is -1.47. The number of hydrogen-bond donors (Lipinski definition) is 1. The molecule has 0 bridgehead atoms. The van der Waals surface area contributed by atoms with Crippen molar-refractivity contribution in [3.05, 3.63) is 82.9 Å². The van der Waals surface area contributed by atoms with Crippen molar-refractivity contribution in [2.75, 3.05) is 11.0 Å². The number of pyridine rings is 1. The summed E-state index contributed by atoms with van der Waals surface area (Å²) in [6.07, 6.45) is 3.12. The van der Waals surface area contributed by atoms with Gasteiger partial charge >= 0.3 is 0 Å². The van der Waals surface area contributed by atoms with Crippen molar-refractivity contribution in [3.8, 4) is 0 Å². The second kappa shape index (κ2) is 7.36. The molecule has 7 heteroatoms. The Morgan fingerprint density at radius 2 is 1.78 bits per heavy atom. The Balaban J connectivity index is 1.77. The van der Waals surface area contributed by atoms with E-state index in [0.717, 1.165) is 23.2 Å². The number of carbonyl (C=O) groups is 1. The van der Waals surface area contributed by atoms with Crippen LogP contribution in [-0.2, 0) is 23.5 Å². The second-order valence-electron chi connectivity index (χ2n) is 6.55. The number of hydrogen-bond acceptors (Lipinski definition) is 4. The van der Waals surface area contributed by atoms with E-state index in [-0.39, 0.29) is 5.78 Å². The Bertz CT molecular complexity index is 1070. The summed E-state index contributed by atoms with van der Waals surface area (Å²) in [5.41, 5.74) is 4.53. The third-order valence-corrected chi connectivity index (χ3v) is 4.87. The molecule has 1 N–H and O–H groups in total. The topological polar surface area (TPSA) is 81.1 Å². The van der Waals surface area contributed by atoms with Crippen LogP contribution in [0.5, 0.6) is 0 Å². The number of anilines is 1. The average Bonchev–Trinajstić information content (AvgIpc) is 2.96. The zero-order chi connectivity index (χ0) is 19.6. The highest BCUT2D eigenvalue weighted by Gasteiger charge is 2.15. The van der Waals surface area contributed by atoms with Gasteiger partial charge in [-0.3, -0.25) is 14.5 Å². The van der Waals surface area contributed by atoms with Crippen molar-refractivity contribution in [2.24, 2.45) is 7.05 Å². The fourth-order valence-corrected chi connectivity index (χ4v) is 3.35. The van der Waals surface area contributed by atoms with Gasteiger partial charge in [-0.1, -0.05) is 29.8 Å². The molecule has 0 radical (unpaired) electrons. The first-order valence-corrected chi connectivity index (χ1v) is 10.3. The number of aryl methyl sites for hydroxylation is 1. The van der Waals surface area contributed by atoms with Gasteiger partial charge in [-0.2, -0.15) is 0 Å². The van der Waals surface area contributed by atoms with Gasteiger partial charge in [0.05, 0.1) is 23.8 Å². The standard InChI is InChI=1S/C20H21N3O3S/c1-14-4-6-15(7-5-14)20(24)19-11-10-18(23(19)2)12-16-8-9-17(13-21-16)22-27(3,25)26/h4-11,13,22H,12H2,1-3H3. The largest absolute Gasteiger partial charge is 0.345 e. The summed E-state index contributed by atoms with van der Waals surface area (Å²) < 4.78 is 26.8. The highest BCUT2D eigenvalue weighted by Crippen LogP contribution is 2.17. The Morgan fingerprint density at radius 3 is 2.37 bits per heavy atom. The molecule has 0 spiro atoms. The van der Waals surface area contributed by atoms with Crippen molar-refractivity contribution in [1.82, 2.24) is 9.55 Å². The molecule has 140 valence electrons. The number of aromatic nitrogens is 2. The monoisotopic (exact) mass is 383 g/mol. The molecule has 0 saturated heterocycles. The summed E-state index contributed by atoms with van der Waals surface area (Å²) in [5.74, 6) is -0.0237. The summed E-state index contributed by atoms with van der Waals surface area (Å²) >= 11 is 0. The number of nitrogens with zero attached hydrogens (tertiary/aromatic N) is 2. The number of ketones is 1. The Kier molecular flexibility index (Phi) is 5.14. The van der Waals surface area contributed by atoms with Crippen molar-refractivity contribution < 1.29 is 13.2 Å². The SMILES string of the molecule is Cc1ccc(C(=O)c2ccc(Cc3ccc(NS(C)(=O)=O)cn3)n2C)cc1. The molecule has 0 saturated carbocycles. The lowest BCUT2D eigenvalue weighted by Gasteiger charge is -2.08. The van der Waals surface area contributed by atoms with Gasteiger partial charge in [-0.05, 0) is 31.2 Å². The van der Waals surface area contributed by atoms with E-state index in [0.29, 0.717) is 23.4 Å². The molecule has 0 aliphatic heterocycles. The number of nitrogens with one attached hydrogen (secondary N) is 1. The smallest absolute Gasteiger partial charge is 0.229 e. The molecule has 2 heterocycles. The van der Waals surface area contributed by atoms with Crippen LogP contribution in [0.15, 0.2) is 54.7 Å². The second-order valence-corrected chi connectivity index (χ2v) is 8.30. The van der Waals surface area contributed by atoms with Gasteiger partial charge in [0.15, 0.2) is 0 Å². The predicted molar refractivity (Wildman–Crippen MR) is 106 cm³/mol. The normalized spacial score (nSPS) is 11.4. The fraction of sp³-hybridized carbons (Fsp3) is 0.200. The third-order valence-electron chi connectivity index (χ3n) is 4.26. The lowest BCUT2D eigenvalue weighted by atomic mass is 10.1. The summed E-state index contributed by atoms with van der Waals surface area (Å²) in [4.78, 5) is 17.0. The van der Waals surface area contributed by atoms with Crippen LogP contribution in [0.1, 0.15) is 33.0 Å². The van der Waals surface area contributed by atoms with E-state index in [4.69, 9.17) is 0 Å². The molecule has 0 aliphatic rings. The molecule has 0 fully saturated rings. The van der Waals surface area contributed by atoms with Crippen LogP contribution in [0, 0.1) is 6.92 Å². The highest BCUT2D eigenvalue weighted by molar-refractivity contribution is 7.92. The first-order valence-electron chi connectivity index (χ1n) is 8.41. The van der Waals surface area contributed by atoms with E-state index in [1.165, 1.54) is 6.20 Å². The van der Waals surface area contributed by atoms with Crippen LogP contribution < -0.4 is 4.72 Å². The lowest BCUT2D eigenvalue weighted by molar-refractivity contribution is 0.103. The fourth-order valence-electron chi connectivity index (χ4n) is 2.80. The van der Waals surface area contributed by atoms with Gasteiger partial charge in [-0.25, -0.2) is 8.42 Å². The van der Waals surface area contributed by atoms with Crippen molar-refractivity contribution in [2.45, 2.75) is 13.3 Å². The Labute approximate surface area is 158 Å². The molecule has 27 heavy (non-hydrogen) atoms. The van der Waals surface area contributed by atoms with Gasteiger partial charge in [0.2, 0.25) is 15.8 Å². The number of carbonyl (C=O) groups excluding carboxylic acids is 1. The maximum atomic E-state index is 12.7. The van der Waals surface area contributed by atoms with Crippen LogP contribution in [0.2, 0.25) is 0 Å². The molecule has 0 unspecified atom stereocenters. The van der Waals surface area contributed by atoms with E-state index < -0.39 is 10.0 Å². The first-order chi connectivity index (χ1) is 12.7. The zero-order valence-electron chi connectivity index (χ0n) is 15.4. The summed E-state index contributed by atoms with van der Waals surface area (Å²) in [6.45, 7) is 1.98. The van der Waals surface area contributed by atoms with Crippen molar-refractivity contribution in [1.29, 1.82) is 0 Å². The van der Waals surface area contributed by atoms with Crippen LogP contribution in [0.25, 0.3) is 0 Å². The average molecular weight is 383 g/mol. The Hall–Kier alpha value is -2.93. The Morgan fingerprint density at radius 1 is 1.07 bits per heavy atom. The predicted octanol–water partition coefficient (Wildman–Crippen LogP) is 2.92. The van der Waals surface area contributed by atoms with Crippen LogP contribution in [0.4, 0.5) is 5.69 Å². The molecule has 2 aromatic heterocycles. The first kappa shape index (κ1) is 18.8. The molecule has 3 rings (SSSR count). The molecule has 3 aromatic rings. The minimum Gasteiger partial charge on any atom is -0.345 e.